The summed E-state index contributed by atoms with van der Waals surface area (Å²) in [5.74, 6) is 0.291. The van der Waals surface area contributed by atoms with Gasteiger partial charge in [0.15, 0.2) is 5.11 Å². The van der Waals surface area contributed by atoms with E-state index in [4.69, 9.17) is 47.0 Å². The van der Waals surface area contributed by atoms with Gasteiger partial charge < -0.3 is 25.4 Å². The minimum absolute atomic E-state index is 0.0486. The van der Waals surface area contributed by atoms with Gasteiger partial charge in [-0.2, -0.15) is 0 Å². The fourth-order valence-electron chi connectivity index (χ4n) is 5.93. The predicted octanol–water partition coefficient (Wildman–Crippen LogP) is 7.17. The molecule has 0 radical (unpaired) electrons. The van der Waals surface area contributed by atoms with Gasteiger partial charge in [0.2, 0.25) is 0 Å². The number of rotatable bonds is 6. The van der Waals surface area contributed by atoms with E-state index < -0.39 is 0 Å². The van der Waals surface area contributed by atoms with Crippen molar-refractivity contribution in [2.75, 3.05) is 28.6 Å². The maximum absolute atomic E-state index is 13.2. The number of pyridine rings is 1. The SMILES string of the molecule is O=C(NCc1ccccc1Cl)c1ccc(N2CC3CC(C2)c2cccc(=O)n2C3)c(NC(=S)Nc2ccc(Cl)cc2Cl)c1. The van der Waals surface area contributed by atoms with Crippen LogP contribution in [0.5, 0.6) is 0 Å². The number of carbonyl (C=O) groups is 1. The largest absolute Gasteiger partial charge is 0.369 e. The highest BCUT2D eigenvalue weighted by Gasteiger charge is 2.35. The van der Waals surface area contributed by atoms with Crippen LogP contribution in [-0.2, 0) is 13.1 Å². The topological polar surface area (TPSA) is 78.4 Å². The van der Waals surface area contributed by atoms with Crippen molar-refractivity contribution >= 4 is 75.1 Å². The Balaban J connectivity index is 1.28. The molecule has 220 valence electrons. The molecule has 6 rings (SSSR count). The van der Waals surface area contributed by atoms with Crippen LogP contribution in [0.15, 0.2) is 83.7 Å². The molecule has 0 aliphatic carbocycles. The minimum atomic E-state index is -0.238. The molecular weight excluding hydrogens is 625 g/mol. The normalized spacial score (nSPS) is 17.1. The first kappa shape index (κ1) is 29.5. The molecule has 0 spiro atoms. The number of halogens is 3. The van der Waals surface area contributed by atoms with Crippen molar-refractivity contribution < 1.29 is 4.79 Å². The number of piperidine rings is 1. The number of thiocarbonyl (C=S) groups is 1. The van der Waals surface area contributed by atoms with Crippen LogP contribution >= 0.6 is 47.0 Å². The summed E-state index contributed by atoms with van der Waals surface area (Å²) in [6, 6.07) is 23.6. The first-order valence-electron chi connectivity index (χ1n) is 13.9. The van der Waals surface area contributed by atoms with E-state index in [1.807, 2.05) is 47.0 Å². The molecule has 1 amide bonds. The zero-order chi connectivity index (χ0) is 30.1. The molecule has 1 fully saturated rings. The molecule has 3 aromatic carbocycles. The highest BCUT2D eigenvalue weighted by molar-refractivity contribution is 7.80. The number of hydrogen-bond donors (Lipinski definition) is 3. The van der Waals surface area contributed by atoms with E-state index in [0.29, 0.717) is 56.1 Å². The Morgan fingerprint density at radius 2 is 1.67 bits per heavy atom. The lowest BCUT2D eigenvalue weighted by Gasteiger charge is -2.44. The third-order valence-electron chi connectivity index (χ3n) is 7.90. The van der Waals surface area contributed by atoms with Gasteiger partial charge in [0.05, 0.1) is 22.1 Å². The lowest BCUT2D eigenvalue weighted by molar-refractivity contribution is 0.0951. The molecule has 0 saturated carbocycles. The number of benzene rings is 3. The van der Waals surface area contributed by atoms with Crippen molar-refractivity contribution in [2.45, 2.75) is 25.4 Å². The molecule has 3 N–H and O–H groups in total. The molecule has 7 nitrogen and oxygen atoms in total. The van der Waals surface area contributed by atoms with Crippen molar-refractivity contribution in [3.05, 3.63) is 121 Å². The van der Waals surface area contributed by atoms with E-state index in [1.165, 1.54) is 0 Å². The second-order valence-corrected chi connectivity index (χ2v) is 12.5. The molecule has 2 aliphatic rings. The van der Waals surface area contributed by atoms with Crippen molar-refractivity contribution in [2.24, 2.45) is 5.92 Å². The monoisotopic (exact) mass is 651 g/mol. The number of amides is 1. The van der Waals surface area contributed by atoms with Crippen LogP contribution in [0.2, 0.25) is 15.1 Å². The van der Waals surface area contributed by atoms with Gasteiger partial charge >= 0.3 is 0 Å². The van der Waals surface area contributed by atoms with Crippen LogP contribution in [-0.4, -0.2) is 28.7 Å². The second kappa shape index (κ2) is 12.6. The number of hydrogen-bond acceptors (Lipinski definition) is 4. The summed E-state index contributed by atoms with van der Waals surface area (Å²) in [7, 11) is 0. The predicted molar refractivity (Wildman–Crippen MR) is 179 cm³/mol. The first-order chi connectivity index (χ1) is 20.7. The lowest BCUT2D eigenvalue weighted by atomic mass is 9.83. The molecule has 1 aromatic heterocycles. The number of carbonyl (C=O) groups excluding carboxylic acids is 1. The number of fused-ring (bicyclic) bond motifs is 4. The molecule has 2 unspecified atom stereocenters. The minimum Gasteiger partial charge on any atom is -0.369 e. The fraction of sp³-hybridized carbons (Fsp3) is 0.219. The van der Waals surface area contributed by atoms with E-state index >= 15 is 0 Å². The zero-order valence-corrected chi connectivity index (χ0v) is 26.0. The molecule has 2 bridgehead atoms. The van der Waals surface area contributed by atoms with Gasteiger partial charge in [0.1, 0.15) is 0 Å². The van der Waals surface area contributed by atoms with E-state index in [9.17, 15) is 9.59 Å². The number of aromatic nitrogens is 1. The number of nitrogens with zero attached hydrogens (tertiary/aromatic N) is 2. The molecule has 11 heteroatoms. The van der Waals surface area contributed by atoms with Crippen LogP contribution in [0, 0.1) is 5.92 Å². The van der Waals surface area contributed by atoms with Gasteiger partial charge in [-0.3, -0.25) is 9.59 Å². The summed E-state index contributed by atoms with van der Waals surface area (Å²) in [5.41, 5.74) is 4.61. The number of anilines is 3. The summed E-state index contributed by atoms with van der Waals surface area (Å²) in [5, 5.41) is 11.3. The van der Waals surface area contributed by atoms with Gasteiger partial charge in [0.25, 0.3) is 11.5 Å². The van der Waals surface area contributed by atoms with Crippen LogP contribution in [0.1, 0.15) is 34.0 Å². The Labute approximate surface area is 269 Å². The third-order valence-corrected chi connectivity index (χ3v) is 9.02. The molecule has 3 heterocycles. The summed E-state index contributed by atoms with van der Waals surface area (Å²) in [6.45, 7) is 2.48. The maximum atomic E-state index is 13.2. The van der Waals surface area contributed by atoms with Crippen molar-refractivity contribution in [1.29, 1.82) is 0 Å². The molecule has 43 heavy (non-hydrogen) atoms. The van der Waals surface area contributed by atoms with Crippen LogP contribution in [0.3, 0.4) is 0 Å². The fourth-order valence-corrected chi connectivity index (χ4v) is 6.81. The summed E-state index contributed by atoms with van der Waals surface area (Å²) in [6.07, 6.45) is 1.03. The summed E-state index contributed by atoms with van der Waals surface area (Å²) in [4.78, 5) is 28.1. The smallest absolute Gasteiger partial charge is 0.251 e. The average molecular weight is 653 g/mol. The Bertz CT molecular complexity index is 1780. The van der Waals surface area contributed by atoms with Crippen molar-refractivity contribution in [1.82, 2.24) is 9.88 Å². The zero-order valence-electron chi connectivity index (χ0n) is 22.9. The van der Waals surface area contributed by atoms with Gasteiger partial charge in [0, 0.05) is 59.5 Å². The van der Waals surface area contributed by atoms with Gasteiger partial charge in [-0.15, -0.1) is 0 Å². The first-order valence-corrected chi connectivity index (χ1v) is 15.4. The van der Waals surface area contributed by atoms with Crippen molar-refractivity contribution in [3.63, 3.8) is 0 Å². The Hall–Kier alpha value is -3.56. The molecular formula is C32H28Cl3N5O2S. The Morgan fingerprint density at radius 1 is 0.860 bits per heavy atom. The molecule has 1 saturated heterocycles. The van der Waals surface area contributed by atoms with Gasteiger partial charge in [-0.05, 0) is 78.7 Å². The highest BCUT2D eigenvalue weighted by atomic mass is 35.5. The number of nitrogens with one attached hydrogen (secondary N) is 3. The van der Waals surface area contributed by atoms with Crippen LogP contribution < -0.4 is 26.4 Å². The quantitative estimate of drug-likeness (QED) is 0.192. The van der Waals surface area contributed by atoms with Crippen molar-refractivity contribution in [3.8, 4) is 0 Å². The van der Waals surface area contributed by atoms with Crippen LogP contribution in [0.4, 0.5) is 17.1 Å². The summed E-state index contributed by atoms with van der Waals surface area (Å²) >= 11 is 24.4. The van der Waals surface area contributed by atoms with E-state index in [0.717, 1.165) is 36.5 Å². The maximum Gasteiger partial charge on any atom is 0.251 e. The Kier molecular flexibility index (Phi) is 8.63. The summed E-state index contributed by atoms with van der Waals surface area (Å²) < 4.78 is 1.91. The standard InChI is InChI=1S/C32H28Cl3N5O2S/c33-23-9-10-26(25(35)14-23)37-32(43)38-27-13-20(31(42)36-15-21-4-1-2-5-24(21)34)8-11-29(27)39-16-19-12-22(18-39)28-6-3-7-30(41)40(28)17-19/h1-11,13-14,19,22H,12,15-18H2,(H,36,42)(H2,37,38,43). The van der Waals surface area contributed by atoms with Crippen LogP contribution in [0.25, 0.3) is 0 Å². The van der Waals surface area contributed by atoms with Gasteiger partial charge in [-0.1, -0.05) is 59.1 Å². The van der Waals surface area contributed by atoms with Gasteiger partial charge in [-0.25, -0.2) is 0 Å². The average Bonchev–Trinajstić information content (AvgIpc) is 2.98. The van der Waals surface area contributed by atoms with E-state index in [-0.39, 0.29) is 17.4 Å². The van der Waals surface area contributed by atoms with E-state index in [1.54, 1.807) is 36.4 Å². The molecule has 2 aliphatic heterocycles. The van der Waals surface area contributed by atoms with E-state index in [2.05, 4.69) is 20.9 Å². The second-order valence-electron chi connectivity index (χ2n) is 10.8. The lowest BCUT2D eigenvalue weighted by Crippen LogP contribution is -2.47. The molecule has 4 aromatic rings. The third kappa shape index (κ3) is 6.53. The Morgan fingerprint density at radius 3 is 2.49 bits per heavy atom. The highest BCUT2D eigenvalue weighted by Crippen LogP contribution is 2.39. The molecule has 2 atom stereocenters.